The van der Waals surface area contributed by atoms with Crippen molar-refractivity contribution in [3.05, 3.63) is 0 Å². The maximum atomic E-state index is 3.94. The smallest absolute Gasteiger partial charge is 0.0309 e. The van der Waals surface area contributed by atoms with Crippen LogP contribution >= 0.6 is 0 Å². The Bertz CT molecular complexity index is 314. The van der Waals surface area contributed by atoms with E-state index >= 15 is 0 Å². The molecule has 1 spiro atoms. The van der Waals surface area contributed by atoms with E-state index in [2.05, 4.69) is 24.1 Å². The Morgan fingerprint density at radius 3 is 2.24 bits per heavy atom. The molecule has 1 aliphatic heterocycles. The van der Waals surface area contributed by atoms with Gasteiger partial charge in [-0.3, -0.25) is 4.90 Å². The van der Waals surface area contributed by atoms with Gasteiger partial charge < -0.3 is 5.32 Å². The SMILES string of the molecule is CCC1CCC(CN2CC3(CCCC3)NCC2CC)CC1. The van der Waals surface area contributed by atoms with Crippen molar-refractivity contribution in [2.45, 2.75) is 89.6 Å². The summed E-state index contributed by atoms with van der Waals surface area (Å²) in [4.78, 5) is 2.89. The first-order valence-corrected chi connectivity index (χ1v) is 9.74. The molecule has 3 fully saturated rings. The van der Waals surface area contributed by atoms with E-state index in [0.717, 1.165) is 17.9 Å². The van der Waals surface area contributed by atoms with E-state index in [1.165, 1.54) is 83.8 Å². The van der Waals surface area contributed by atoms with Crippen molar-refractivity contribution in [3.63, 3.8) is 0 Å². The van der Waals surface area contributed by atoms with E-state index in [1.54, 1.807) is 0 Å². The molecule has 0 amide bonds. The van der Waals surface area contributed by atoms with Crippen molar-refractivity contribution in [1.29, 1.82) is 0 Å². The average molecular weight is 293 g/mol. The highest BCUT2D eigenvalue weighted by Gasteiger charge is 2.41. The second-order valence-corrected chi connectivity index (χ2v) is 8.15. The zero-order valence-corrected chi connectivity index (χ0v) is 14.4. The van der Waals surface area contributed by atoms with Crippen LogP contribution in [0.1, 0.15) is 78.1 Å². The fourth-order valence-electron chi connectivity index (χ4n) is 5.19. The third kappa shape index (κ3) is 3.64. The second kappa shape index (κ2) is 7.00. The van der Waals surface area contributed by atoms with Crippen molar-refractivity contribution in [3.8, 4) is 0 Å². The molecule has 0 aromatic rings. The molecular weight excluding hydrogens is 256 g/mol. The van der Waals surface area contributed by atoms with Gasteiger partial charge in [-0.25, -0.2) is 0 Å². The van der Waals surface area contributed by atoms with Gasteiger partial charge in [0, 0.05) is 31.2 Å². The van der Waals surface area contributed by atoms with Crippen molar-refractivity contribution < 1.29 is 0 Å². The Labute approximate surface area is 132 Å². The van der Waals surface area contributed by atoms with Gasteiger partial charge in [0.15, 0.2) is 0 Å². The molecule has 1 atom stereocenters. The maximum Gasteiger partial charge on any atom is 0.0309 e. The highest BCUT2D eigenvalue weighted by molar-refractivity contribution is 5.01. The van der Waals surface area contributed by atoms with Gasteiger partial charge in [0.25, 0.3) is 0 Å². The number of piperazine rings is 1. The number of rotatable bonds is 4. The lowest BCUT2D eigenvalue weighted by Gasteiger charge is -2.48. The Morgan fingerprint density at radius 1 is 0.952 bits per heavy atom. The van der Waals surface area contributed by atoms with Crippen LogP contribution < -0.4 is 5.32 Å². The number of nitrogens with zero attached hydrogens (tertiary/aromatic N) is 1. The van der Waals surface area contributed by atoms with Crippen LogP contribution in [0.25, 0.3) is 0 Å². The Kier molecular flexibility index (Phi) is 5.27. The summed E-state index contributed by atoms with van der Waals surface area (Å²) in [6, 6.07) is 0.792. The van der Waals surface area contributed by atoms with Crippen LogP contribution in [0.3, 0.4) is 0 Å². The zero-order valence-electron chi connectivity index (χ0n) is 14.4. The molecule has 21 heavy (non-hydrogen) atoms. The normalized spacial score (nSPS) is 37.1. The van der Waals surface area contributed by atoms with Crippen LogP contribution in [-0.4, -0.2) is 36.1 Å². The Balaban J connectivity index is 1.56. The molecule has 0 bridgehead atoms. The Morgan fingerprint density at radius 2 is 1.62 bits per heavy atom. The van der Waals surface area contributed by atoms with Gasteiger partial charge in [0.05, 0.1) is 0 Å². The lowest BCUT2D eigenvalue weighted by atomic mass is 9.80. The van der Waals surface area contributed by atoms with Crippen molar-refractivity contribution in [2.24, 2.45) is 11.8 Å². The maximum absolute atomic E-state index is 3.94. The fourth-order valence-corrected chi connectivity index (χ4v) is 5.19. The third-order valence-electron chi connectivity index (χ3n) is 6.80. The third-order valence-corrected chi connectivity index (χ3v) is 6.80. The summed E-state index contributed by atoms with van der Waals surface area (Å²) in [5.74, 6) is 2.02. The predicted octanol–water partition coefficient (Wildman–Crippen LogP) is 4.20. The summed E-state index contributed by atoms with van der Waals surface area (Å²) in [7, 11) is 0. The van der Waals surface area contributed by atoms with Crippen molar-refractivity contribution in [1.82, 2.24) is 10.2 Å². The minimum absolute atomic E-state index is 0.492. The van der Waals surface area contributed by atoms with Gasteiger partial charge in [-0.05, 0) is 43.9 Å². The largest absolute Gasteiger partial charge is 0.308 e. The molecule has 2 nitrogen and oxygen atoms in total. The summed E-state index contributed by atoms with van der Waals surface area (Å²) in [5.41, 5.74) is 0.492. The molecule has 3 aliphatic rings. The molecule has 1 N–H and O–H groups in total. The molecule has 0 aromatic heterocycles. The monoisotopic (exact) mass is 292 g/mol. The number of nitrogens with one attached hydrogen (secondary N) is 1. The van der Waals surface area contributed by atoms with E-state index in [1.807, 2.05) is 0 Å². The topological polar surface area (TPSA) is 15.3 Å². The first-order valence-electron chi connectivity index (χ1n) is 9.74. The van der Waals surface area contributed by atoms with E-state index in [0.29, 0.717) is 5.54 Å². The average Bonchev–Trinajstić information content (AvgIpc) is 2.96. The van der Waals surface area contributed by atoms with Gasteiger partial charge >= 0.3 is 0 Å². The quantitative estimate of drug-likeness (QED) is 0.835. The van der Waals surface area contributed by atoms with E-state index < -0.39 is 0 Å². The molecular formula is C19H36N2. The minimum atomic E-state index is 0.492. The summed E-state index contributed by atoms with van der Waals surface area (Å²) < 4.78 is 0. The molecule has 1 heterocycles. The highest BCUT2D eigenvalue weighted by Crippen LogP contribution is 2.36. The number of hydrogen-bond acceptors (Lipinski definition) is 2. The second-order valence-electron chi connectivity index (χ2n) is 8.15. The van der Waals surface area contributed by atoms with Gasteiger partial charge in [0.1, 0.15) is 0 Å². The van der Waals surface area contributed by atoms with Gasteiger partial charge in [-0.1, -0.05) is 46.0 Å². The van der Waals surface area contributed by atoms with Crippen LogP contribution in [0.15, 0.2) is 0 Å². The van der Waals surface area contributed by atoms with Crippen molar-refractivity contribution >= 4 is 0 Å². The van der Waals surface area contributed by atoms with Crippen LogP contribution in [0.2, 0.25) is 0 Å². The molecule has 0 radical (unpaired) electrons. The molecule has 0 aromatic carbocycles. The van der Waals surface area contributed by atoms with Gasteiger partial charge in [0.2, 0.25) is 0 Å². The molecule has 3 rings (SSSR count). The first kappa shape index (κ1) is 15.8. The van der Waals surface area contributed by atoms with E-state index in [9.17, 15) is 0 Å². The standard InChI is InChI=1S/C19H36N2/c1-3-16-7-9-17(10-8-16)14-21-15-19(11-5-6-12-19)20-13-18(21)4-2/h16-18,20H,3-15H2,1-2H3. The van der Waals surface area contributed by atoms with E-state index in [4.69, 9.17) is 0 Å². The van der Waals surface area contributed by atoms with Crippen LogP contribution in [0.5, 0.6) is 0 Å². The predicted molar refractivity (Wildman–Crippen MR) is 90.6 cm³/mol. The van der Waals surface area contributed by atoms with Crippen molar-refractivity contribution in [2.75, 3.05) is 19.6 Å². The first-order chi connectivity index (χ1) is 10.2. The summed E-state index contributed by atoms with van der Waals surface area (Å²) >= 11 is 0. The summed E-state index contributed by atoms with van der Waals surface area (Å²) in [6.45, 7) is 8.70. The molecule has 122 valence electrons. The van der Waals surface area contributed by atoms with Gasteiger partial charge in [-0.2, -0.15) is 0 Å². The fraction of sp³-hybridized carbons (Fsp3) is 1.00. The lowest BCUT2D eigenvalue weighted by Crippen LogP contribution is -2.63. The van der Waals surface area contributed by atoms with E-state index in [-0.39, 0.29) is 0 Å². The highest BCUT2D eigenvalue weighted by atomic mass is 15.3. The van der Waals surface area contributed by atoms with Crippen LogP contribution in [-0.2, 0) is 0 Å². The molecule has 1 unspecified atom stereocenters. The summed E-state index contributed by atoms with van der Waals surface area (Å²) in [6.07, 6.45) is 14.4. The van der Waals surface area contributed by atoms with Crippen LogP contribution in [0, 0.1) is 11.8 Å². The molecule has 1 saturated heterocycles. The van der Waals surface area contributed by atoms with Crippen LogP contribution in [0.4, 0.5) is 0 Å². The number of hydrogen-bond donors (Lipinski definition) is 1. The van der Waals surface area contributed by atoms with Gasteiger partial charge in [-0.15, -0.1) is 0 Å². The molecule has 2 saturated carbocycles. The minimum Gasteiger partial charge on any atom is -0.308 e. The molecule has 2 heteroatoms. The lowest BCUT2D eigenvalue weighted by molar-refractivity contribution is 0.0547. The summed E-state index contributed by atoms with van der Waals surface area (Å²) in [5, 5.41) is 3.94. The zero-order chi connectivity index (χ0) is 14.7. The molecule has 2 aliphatic carbocycles. The Hall–Kier alpha value is -0.0800.